The molecular formula is C12H18N6O2S. The Morgan fingerprint density at radius 2 is 2.10 bits per heavy atom. The topological polar surface area (TPSA) is 106 Å². The summed E-state index contributed by atoms with van der Waals surface area (Å²) in [6.45, 7) is 0.358. The van der Waals surface area contributed by atoms with Crippen molar-refractivity contribution in [3.8, 4) is 0 Å². The van der Waals surface area contributed by atoms with E-state index in [1.165, 1.54) is 26.2 Å². The summed E-state index contributed by atoms with van der Waals surface area (Å²) < 4.78 is 27.0. The summed E-state index contributed by atoms with van der Waals surface area (Å²) in [5.41, 5.74) is 6.86. The zero-order valence-electron chi connectivity index (χ0n) is 12.1. The number of hydrogen-bond acceptors (Lipinski definition) is 6. The van der Waals surface area contributed by atoms with Crippen LogP contribution in [0.15, 0.2) is 29.4 Å². The molecule has 0 spiro atoms. The Morgan fingerprint density at radius 3 is 2.67 bits per heavy atom. The molecule has 0 bridgehead atoms. The molecule has 1 heterocycles. The number of aryl methyl sites for hydroxylation is 1. The van der Waals surface area contributed by atoms with Crippen molar-refractivity contribution in [1.29, 1.82) is 0 Å². The average Bonchev–Trinajstić information content (AvgIpc) is 2.83. The minimum Gasteiger partial charge on any atom is -0.397 e. The van der Waals surface area contributed by atoms with E-state index in [4.69, 9.17) is 5.73 Å². The molecule has 0 aliphatic rings. The van der Waals surface area contributed by atoms with Crippen LogP contribution >= 0.6 is 0 Å². The van der Waals surface area contributed by atoms with E-state index in [2.05, 4.69) is 15.4 Å². The standard InChI is InChI=1S/C12H18N6O2S/c1-17(2)21(19,20)9-4-5-10(13)11(6-9)14-7-12-15-8-18(3)16-12/h4-6,8,14H,7,13H2,1-3H3. The minimum atomic E-state index is -3.49. The first kappa shape index (κ1) is 15.3. The first-order valence-corrected chi connectivity index (χ1v) is 7.65. The van der Waals surface area contributed by atoms with Crippen LogP contribution in [0.5, 0.6) is 0 Å². The number of nitrogens with two attached hydrogens (primary N) is 1. The van der Waals surface area contributed by atoms with E-state index in [1.807, 2.05) is 0 Å². The van der Waals surface area contributed by atoms with Gasteiger partial charge in [-0.05, 0) is 18.2 Å². The van der Waals surface area contributed by atoms with E-state index in [1.54, 1.807) is 24.1 Å². The highest BCUT2D eigenvalue weighted by molar-refractivity contribution is 7.89. The molecule has 21 heavy (non-hydrogen) atoms. The van der Waals surface area contributed by atoms with E-state index in [0.29, 0.717) is 23.7 Å². The van der Waals surface area contributed by atoms with E-state index in [-0.39, 0.29) is 4.90 Å². The van der Waals surface area contributed by atoms with Gasteiger partial charge >= 0.3 is 0 Å². The van der Waals surface area contributed by atoms with Crippen LogP contribution in [-0.2, 0) is 23.6 Å². The van der Waals surface area contributed by atoms with Crippen LogP contribution in [0.25, 0.3) is 0 Å². The summed E-state index contributed by atoms with van der Waals surface area (Å²) in [5, 5.41) is 7.18. The van der Waals surface area contributed by atoms with Crippen molar-refractivity contribution in [3.05, 3.63) is 30.4 Å². The second kappa shape index (κ2) is 5.70. The van der Waals surface area contributed by atoms with Crippen LogP contribution in [0.3, 0.4) is 0 Å². The van der Waals surface area contributed by atoms with Gasteiger partial charge in [-0.3, -0.25) is 4.68 Å². The van der Waals surface area contributed by atoms with Crippen molar-refractivity contribution in [2.24, 2.45) is 7.05 Å². The molecular weight excluding hydrogens is 292 g/mol. The summed E-state index contributed by atoms with van der Waals surface area (Å²) in [5.74, 6) is 0.595. The van der Waals surface area contributed by atoms with Crippen LogP contribution in [0.4, 0.5) is 11.4 Å². The highest BCUT2D eigenvalue weighted by atomic mass is 32.2. The fourth-order valence-corrected chi connectivity index (χ4v) is 2.63. The van der Waals surface area contributed by atoms with Crippen LogP contribution < -0.4 is 11.1 Å². The predicted octanol–water partition coefficient (Wildman–Crippen LogP) is 0.260. The number of rotatable bonds is 5. The molecule has 0 amide bonds. The third-order valence-corrected chi connectivity index (χ3v) is 4.70. The summed E-state index contributed by atoms with van der Waals surface area (Å²) in [6, 6.07) is 4.55. The fourth-order valence-electron chi connectivity index (χ4n) is 1.70. The van der Waals surface area contributed by atoms with Gasteiger partial charge < -0.3 is 11.1 Å². The molecule has 0 aliphatic heterocycles. The molecule has 8 nitrogen and oxygen atoms in total. The van der Waals surface area contributed by atoms with E-state index >= 15 is 0 Å². The maximum absolute atomic E-state index is 12.1. The Morgan fingerprint density at radius 1 is 1.38 bits per heavy atom. The Bertz CT molecular complexity index is 738. The monoisotopic (exact) mass is 310 g/mol. The molecule has 1 aromatic heterocycles. The van der Waals surface area contributed by atoms with Crippen LogP contribution in [0.2, 0.25) is 0 Å². The second-order valence-electron chi connectivity index (χ2n) is 4.72. The lowest BCUT2D eigenvalue weighted by Crippen LogP contribution is -2.22. The summed E-state index contributed by atoms with van der Waals surface area (Å²) in [4.78, 5) is 4.26. The molecule has 0 saturated heterocycles. The van der Waals surface area contributed by atoms with E-state index in [0.717, 1.165) is 4.31 Å². The first-order chi connectivity index (χ1) is 9.80. The van der Waals surface area contributed by atoms with Crippen LogP contribution in [0, 0.1) is 0 Å². The number of benzene rings is 1. The Labute approximate surface area is 123 Å². The van der Waals surface area contributed by atoms with Crippen molar-refractivity contribution in [3.63, 3.8) is 0 Å². The highest BCUT2D eigenvalue weighted by Gasteiger charge is 2.18. The zero-order valence-corrected chi connectivity index (χ0v) is 12.9. The van der Waals surface area contributed by atoms with Gasteiger partial charge in [-0.2, -0.15) is 5.10 Å². The van der Waals surface area contributed by atoms with Gasteiger partial charge in [0.2, 0.25) is 10.0 Å². The lowest BCUT2D eigenvalue weighted by atomic mass is 10.2. The molecule has 0 fully saturated rings. The number of sulfonamides is 1. The smallest absolute Gasteiger partial charge is 0.242 e. The van der Waals surface area contributed by atoms with E-state index < -0.39 is 10.0 Å². The number of aromatic nitrogens is 3. The highest BCUT2D eigenvalue weighted by Crippen LogP contribution is 2.24. The van der Waals surface area contributed by atoms with Gasteiger partial charge in [0.1, 0.15) is 6.33 Å². The van der Waals surface area contributed by atoms with Gasteiger partial charge in [0.25, 0.3) is 0 Å². The van der Waals surface area contributed by atoms with Crippen molar-refractivity contribution in [2.75, 3.05) is 25.1 Å². The van der Waals surface area contributed by atoms with E-state index in [9.17, 15) is 8.42 Å². The molecule has 1 aromatic carbocycles. The molecule has 0 radical (unpaired) electrons. The maximum atomic E-state index is 12.1. The van der Waals surface area contributed by atoms with Crippen LogP contribution in [-0.4, -0.2) is 41.6 Å². The van der Waals surface area contributed by atoms with Gasteiger partial charge in [-0.25, -0.2) is 17.7 Å². The first-order valence-electron chi connectivity index (χ1n) is 6.21. The average molecular weight is 310 g/mol. The molecule has 0 saturated carbocycles. The lowest BCUT2D eigenvalue weighted by molar-refractivity contribution is 0.521. The molecule has 3 N–H and O–H groups in total. The molecule has 9 heteroatoms. The van der Waals surface area contributed by atoms with Gasteiger partial charge in [0.05, 0.1) is 22.8 Å². The normalized spacial score (nSPS) is 11.8. The fraction of sp³-hybridized carbons (Fsp3) is 0.333. The molecule has 0 aliphatic carbocycles. The van der Waals surface area contributed by atoms with Crippen LogP contribution in [0.1, 0.15) is 5.82 Å². The number of nitrogens with zero attached hydrogens (tertiary/aromatic N) is 4. The van der Waals surface area contributed by atoms with Gasteiger partial charge in [-0.15, -0.1) is 0 Å². The van der Waals surface area contributed by atoms with Gasteiger partial charge in [0.15, 0.2) is 5.82 Å². The largest absolute Gasteiger partial charge is 0.397 e. The van der Waals surface area contributed by atoms with Gasteiger partial charge in [-0.1, -0.05) is 0 Å². The zero-order chi connectivity index (χ0) is 15.6. The predicted molar refractivity (Wildman–Crippen MR) is 80.1 cm³/mol. The number of nitrogen functional groups attached to an aromatic ring is 1. The maximum Gasteiger partial charge on any atom is 0.242 e. The Balaban J connectivity index is 2.24. The quantitative estimate of drug-likeness (QED) is 0.767. The van der Waals surface area contributed by atoms with Crippen molar-refractivity contribution in [2.45, 2.75) is 11.4 Å². The molecule has 0 unspecified atom stereocenters. The van der Waals surface area contributed by atoms with Crippen molar-refractivity contribution in [1.82, 2.24) is 19.1 Å². The van der Waals surface area contributed by atoms with Crippen molar-refractivity contribution < 1.29 is 8.42 Å². The molecule has 0 atom stereocenters. The Hall–Kier alpha value is -2.13. The van der Waals surface area contributed by atoms with Gasteiger partial charge in [0, 0.05) is 21.1 Å². The second-order valence-corrected chi connectivity index (χ2v) is 6.88. The number of nitrogens with one attached hydrogen (secondary N) is 1. The summed E-state index contributed by atoms with van der Waals surface area (Å²) in [6.07, 6.45) is 1.59. The number of anilines is 2. The lowest BCUT2D eigenvalue weighted by Gasteiger charge is -2.14. The third-order valence-electron chi connectivity index (χ3n) is 2.89. The Kier molecular flexibility index (Phi) is 4.14. The molecule has 2 rings (SSSR count). The molecule has 114 valence electrons. The molecule has 2 aromatic rings. The number of hydrogen-bond donors (Lipinski definition) is 2. The summed E-state index contributed by atoms with van der Waals surface area (Å²) >= 11 is 0. The third kappa shape index (κ3) is 3.31. The summed E-state index contributed by atoms with van der Waals surface area (Å²) in [7, 11) is 1.25. The van der Waals surface area contributed by atoms with Crippen molar-refractivity contribution >= 4 is 21.4 Å². The SMILES string of the molecule is CN(C)S(=O)(=O)c1ccc(N)c(NCc2ncn(C)n2)c1. The minimum absolute atomic E-state index is 0.179.